The number of nitrogens with zero attached hydrogens (tertiary/aromatic N) is 4. The summed E-state index contributed by atoms with van der Waals surface area (Å²) in [5, 5.41) is 11.1. The van der Waals surface area contributed by atoms with Gasteiger partial charge in [-0.05, 0) is 47.4 Å². The van der Waals surface area contributed by atoms with Crippen molar-refractivity contribution in [2.24, 2.45) is 0 Å². The van der Waals surface area contributed by atoms with E-state index in [2.05, 4.69) is 52.3 Å². The van der Waals surface area contributed by atoms with Gasteiger partial charge in [0.1, 0.15) is 0 Å². The summed E-state index contributed by atoms with van der Waals surface area (Å²) in [7, 11) is -0.650. The minimum atomic E-state index is -0.853. The summed E-state index contributed by atoms with van der Waals surface area (Å²) < 4.78 is 16.9. The summed E-state index contributed by atoms with van der Waals surface area (Å²) in [5.41, 5.74) is 6.18. The minimum Gasteiger partial charge on any atom is -0.370 e. The first-order valence-electron chi connectivity index (χ1n) is 12.2. The predicted octanol–water partition coefficient (Wildman–Crippen LogP) is 2.98. The van der Waals surface area contributed by atoms with E-state index in [1.165, 1.54) is 27.3 Å². The second-order valence-electron chi connectivity index (χ2n) is 9.30. The first-order valence-corrected chi connectivity index (χ1v) is 14.5. The van der Waals surface area contributed by atoms with E-state index in [1.807, 2.05) is 11.1 Å². The number of aliphatic hydroxyl groups is 1. The van der Waals surface area contributed by atoms with Crippen molar-refractivity contribution < 1.29 is 14.1 Å². The first-order chi connectivity index (χ1) is 17.1. The van der Waals surface area contributed by atoms with Crippen LogP contribution in [0.3, 0.4) is 0 Å². The Balaban J connectivity index is 1.11. The Morgan fingerprint density at radius 2 is 1.80 bits per heavy atom. The fraction of sp³-hybridized carbons (Fsp3) is 0.423. The zero-order valence-corrected chi connectivity index (χ0v) is 21.3. The number of aliphatic hydroxyl groups excluding tert-OH is 1. The van der Waals surface area contributed by atoms with Crippen LogP contribution in [0.4, 0.5) is 16.5 Å². The number of aromatic nitrogens is 1. The number of rotatable bonds is 5. The summed E-state index contributed by atoms with van der Waals surface area (Å²) >= 11 is 1.77. The van der Waals surface area contributed by atoms with Crippen LogP contribution in [0.25, 0.3) is 0 Å². The average Bonchev–Trinajstić information content (AvgIpc) is 3.53. The van der Waals surface area contributed by atoms with Gasteiger partial charge in [-0.15, -0.1) is 11.3 Å². The topological polar surface area (TPSA) is 69.1 Å². The van der Waals surface area contributed by atoms with Crippen LogP contribution in [0, 0.1) is 0 Å². The Bertz CT molecular complexity index is 1210. The lowest BCUT2D eigenvalue weighted by Crippen LogP contribution is -2.37. The zero-order chi connectivity index (χ0) is 23.8. The van der Waals surface area contributed by atoms with Crippen LogP contribution < -0.4 is 14.7 Å². The van der Waals surface area contributed by atoms with Gasteiger partial charge >= 0.3 is 0 Å². The molecule has 1 N–H and O–H groups in total. The highest BCUT2D eigenvalue weighted by Crippen LogP contribution is 2.32. The van der Waals surface area contributed by atoms with Gasteiger partial charge in [-0.25, -0.2) is 4.98 Å². The molecule has 1 atom stereocenters. The molecule has 0 aliphatic carbocycles. The first kappa shape index (κ1) is 23.0. The molecule has 1 aromatic heterocycles. The van der Waals surface area contributed by atoms with Crippen LogP contribution >= 0.6 is 11.3 Å². The van der Waals surface area contributed by atoms with Gasteiger partial charge in [-0.1, -0.05) is 18.2 Å². The number of anilines is 3. The van der Waals surface area contributed by atoms with Gasteiger partial charge in [0.25, 0.3) is 0 Å². The highest BCUT2D eigenvalue weighted by molar-refractivity contribution is 7.85. The molecule has 3 aliphatic heterocycles. The quantitative estimate of drug-likeness (QED) is 0.566. The third-order valence-electron chi connectivity index (χ3n) is 7.07. The van der Waals surface area contributed by atoms with Crippen LogP contribution in [0.2, 0.25) is 0 Å². The van der Waals surface area contributed by atoms with E-state index in [-0.39, 0.29) is 0 Å². The number of hydrogen-bond acceptors (Lipinski definition) is 8. The highest BCUT2D eigenvalue weighted by Gasteiger charge is 2.25. The normalized spacial score (nSPS) is 20.9. The molecule has 9 heteroatoms. The van der Waals surface area contributed by atoms with Crippen LogP contribution in [0.15, 0.2) is 48.7 Å². The van der Waals surface area contributed by atoms with Crippen molar-refractivity contribution >= 4 is 38.6 Å². The Morgan fingerprint density at radius 1 is 1.00 bits per heavy atom. The van der Waals surface area contributed by atoms with Gasteiger partial charge in [0.2, 0.25) is 6.41 Å². The Labute approximate surface area is 212 Å². The highest BCUT2D eigenvalue weighted by atomic mass is 32.2. The summed E-state index contributed by atoms with van der Waals surface area (Å²) in [5.74, 6) is 1.53. The van der Waals surface area contributed by atoms with E-state index in [9.17, 15) is 9.32 Å². The Hall–Kier alpha value is -2.46. The Morgan fingerprint density at radius 3 is 2.57 bits per heavy atom. The average molecular weight is 511 g/mol. The number of ether oxygens (including phenoxy) is 1. The molecule has 35 heavy (non-hydrogen) atoms. The maximum atomic E-state index is 11.6. The lowest BCUT2D eigenvalue weighted by atomic mass is 9.99. The molecule has 1 unspecified atom stereocenters. The van der Waals surface area contributed by atoms with Gasteiger partial charge in [-0.3, -0.25) is 4.21 Å². The van der Waals surface area contributed by atoms with Crippen LogP contribution in [0.1, 0.15) is 21.6 Å². The molecule has 4 heterocycles. The SMILES string of the molecule is O=S1CCN(c2ccc(Cc3cnc(N4CCc5ccc(N6CCOC6O)cc5C4)s3)cc2)CC1. The van der Waals surface area contributed by atoms with Crippen LogP contribution in [0.5, 0.6) is 0 Å². The molecule has 0 radical (unpaired) electrons. The molecule has 2 saturated heterocycles. The van der Waals surface area contributed by atoms with Crippen molar-refractivity contribution in [2.45, 2.75) is 25.8 Å². The van der Waals surface area contributed by atoms with Gasteiger partial charge in [0.15, 0.2) is 5.13 Å². The summed E-state index contributed by atoms with van der Waals surface area (Å²) in [6.45, 7) is 4.79. The summed E-state index contributed by atoms with van der Waals surface area (Å²) in [6.07, 6.45) is 3.03. The van der Waals surface area contributed by atoms with E-state index in [0.717, 1.165) is 61.3 Å². The summed E-state index contributed by atoms with van der Waals surface area (Å²) in [4.78, 5) is 12.6. The maximum Gasteiger partial charge on any atom is 0.238 e. The van der Waals surface area contributed by atoms with Crippen LogP contribution in [-0.2, 0) is 34.9 Å². The molecule has 0 saturated carbocycles. The van der Waals surface area contributed by atoms with Crippen molar-refractivity contribution in [1.82, 2.24) is 4.98 Å². The van der Waals surface area contributed by atoms with E-state index < -0.39 is 17.2 Å². The van der Waals surface area contributed by atoms with E-state index in [4.69, 9.17) is 9.72 Å². The van der Waals surface area contributed by atoms with Crippen molar-refractivity contribution in [3.63, 3.8) is 0 Å². The number of thiazole rings is 1. The molecule has 0 bridgehead atoms. The molecule has 0 amide bonds. The Kier molecular flexibility index (Phi) is 6.49. The van der Waals surface area contributed by atoms with E-state index >= 15 is 0 Å². The molecule has 7 nitrogen and oxygen atoms in total. The standard InChI is InChI=1S/C26H30N4O3S2/c31-26-30(9-12-33-26)23-6-3-20-7-8-29(18-21(20)16-23)25-27-17-24(34-25)15-19-1-4-22(5-2-19)28-10-13-35(32)14-11-28/h1-6,16-17,26,31H,7-15,18H2. The number of fused-ring (bicyclic) bond motifs is 1. The van der Waals surface area contributed by atoms with Crippen molar-refractivity contribution in [1.29, 1.82) is 0 Å². The van der Waals surface area contributed by atoms with Gasteiger partial charge in [0.05, 0.1) is 6.61 Å². The molecule has 3 aliphatic rings. The molecular weight excluding hydrogens is 480 g/mol. The predicted molar refractivity (Wildman–Crippen MR) is 142 cm³/mol. The van der Waals surface area contributed by atoms with Crippen LogP contribution in [-0.4, -0.2) is 65.0 Å². The van der Waals surface area contributed by atoms with Gasteiger partial charge in [0, 0.05) is 83.9 Å². The second kappa shape index (κ2) is 9.89. The van der Waals surface area contributed by atoms with Gasteiger partial charge in [-0.2, -0.15) is 0 Å². The zero-order valence-electron chi connectivity index (χ0n) is 19.6. The lowest BCUT2D eigenvalue weighted by Gasteiger charge is -2.30. The van der Waals surface area contributed by atoms with Crippen molar-refractivity contribution in [3.8, 4) is 0 Å². The van der Waals surface area contributed by atoms with Crippen molar-refractivity contribution in [3.05, 3.63) is 70.2 Å². The molecule has 2 aromatic carbocycles. The third kappa shape index (κ3) is 4.95. The second-order valence-corrected chi connectivity index (χ2v) is 12.1. The number of hydrogen-bond donors (Lipinski definition) is 1. The minimum absolute atomic E-state index is 0.551. The fourth-order valence-corrected chi connectivity index (χ4v) is 7.07. The van der Waals surface area contributed by atoms with E-state index in [1.54, 1.807) is 11.3 Å². The van der Waals surface area contributed by atoms with E-state index in [0.29, 0.717) is 13.2 Å². The smallest absolute Gasteiger partial charge is 0.238 e. The molecular formula is C26H30N4O3S2. The maximum absolute atomic E-state index is 11.6. The monoisotopic (exact) mass is 510 g/mol. The lowest BCUT2D eigenvalue weighted by molar-refractivity contribution is -0.0573. The van der Waals surface area contributed by atoms with Crippen molar-refractivity contribution in [2.75, 3.05) is 59.0 Å². The molecule has 0 spiro atoms. The molecule has 2 fully saturated rings. The molecule has 184 valence electrons. The molecule has 6 rings (SSSR count). The fourth-order valence-electron chi connectivity index (χ4n) is 5.05. The summed E-state index contributed by atoms with van der Waals surface area (Å²) in [6, 6.07) is 15.2. The number of benzene rings is 2. The third-order valence-corrected chi connectivity index (χ3v) is 9.40. The molecule has 3 aromatic rings. The largest absolute Gasteiger partial charge is 0.370 e. The van der Waals surface area contributed by atoms with Gasteiger partial charge < -0.3 is 24.5 Å².